The van der Waals surface area contributed by atoms with E-state index in [0.717, 1.165) is 48.6 Å². The molecule has 1 aliphatic rings. The molecule has 2 atom stereocenters. The topological polar surface area (TPSA) is 49.2 Å². The van der Waals surface area contributed by atoms with Gasteiger partial charge in [-0.05, 0) is 35.7 Å². The Kier molecular flexibility index (Phi) is 4.56. The largest absolute Gasteiger partial charge is 0.393 e. The molecule has 0 spiro atoms. The monoisotopic (exact) mass is 313 g/mol. The molecule has 5 heteroatoms. The Morgan fingerprint density at radius 2 is 2.33 bits per heavy atom. The predicted molar refractivity (Wildman–Crippen MR) is 75.7 cm³/mol. The van der Waals surface area contributed by atoms with Crippen LogP contribution >= 0.6 is 15.9 Å². The number of halogens is 1. The van der Waals surface area contributed by atoms with E-state index in [1.807, 2.05) is 13.0 Å². The van der Waals surface area contributed by atoms with Crippen molar-refractivity contribution in [2.24, 2.45) is 5.92 Å². The average Bonchev–Trinajstić information content (AvgIpc) is 2.78. The summed E-state index contributed by atoms with van der Waals surface area (Å²) in [7, 11) is 0. The summed E-state index contributed by atoms with van der Waals surface area (Å²) in [6.07, 6.45) is 2.74. The van der Waals surface area contributed by atoms with Gasteiger partial charge in [0.15, 0.2) is 0 Å². The summed E-state index contributed by atoms with van der Waals surface area (Å²) in [6.45, 7) is 5.84. The van der Waals surface area contributed by atoms with Crippen molar-refractivity contribution in [1.29, 1.82) is 0 Å². The van der Waals surface area contributed by atoms with Crippen molar-refractivity contribution in [3.63, 3.8) is 0 Å². The molecule has 0 bridgehead atoms. The van der Waals surface area contributed by atoms with Crippen LogP contribution in [0.5, 0.6) is 0 Å². The number of nitrogens with zero attached hydrogens (tertiary/aromatic N) is 3. The second-order valence-corrected chi connectivity index (χ2v) is 5.76. The Balaban J connectivity index is 2.13. The molecule has 2 heterocycles. The first kappa shape index (κ1) is 13.7. The molecule has 18 heavy (non-hydrogen) atoms. The average molecular weight is 314 g/mol. The number of anilines is 1. The van der Waals surface area contributed by atoms with Crippen LogP contribution in [0.2, 0.25) is 0 Å². The van der Waals surface area contributed by atoms with E-state index in [1.165, 1.54) is 0 Å². The normalized spacial score (nSPS) is 21.3. The number of aryl methyl sites for hydroxylation is 1. The van der Waals surface area contributed by atoms with Gasteiger partial charge >= 0.3 is 0 Å². The lowest BCUT2D eigenvalue weighted by Crippen LogP contribution is -2.25. The van der Waals surface area contributed by atoms with Gasteiger partial charge in [-0.15, -0.1) is 0 Å². The van der Waals surface area contributed by atoms with Crippen molar-refractivity contribution < 1.29 is 5.11 Å². The summed E-state index contributed by atoms with van der Waals surface area (Å²) in [5.74, 6) is 2.22. The zero-order valence-corrected chi connectivity index (χ0v) is 12.5. The molecule has 1 saturated heterocycles. The Hall–Kier alpha value is -0.680. The van der Waals surface area contributed by atoms with Gasteiger partial charge in [0, 0.05) is 31.5 Å². The third kappa shape index (κ3) is 3.20. The van der Waals surface area contributed by atoms with E-state index in [1.54, 1.807) is 0 Å². The van der Waals surface area contributed by atoms with Crippen LogP contribution in [0.4, 0.5) is 5.82 Å². The van der Waals surface area contributed by atoms with Crippen molar-refractivity contribution in [3.8, 4) is 0 Å². The van der Waals surface area contributed by atoms with Crippen LogP contribution in [0.25, 0.3) is 0 Å². The van der Waals surface area contributed by atoms with E-state index >= 15 is 0 Å². The highest BCUT2D eigenvalue weighted by Gasteiger charge is 2.27. The fourth-order valence-electron chi connectivity index (χ4n) is 2.34. The molecule has 2 rings (SSSR count). The molecule has 1 fully saturated rings. The maximum absolute atomic E-state index is 9.64. The Bertz CT molecular complexity index is 411. The summed E-state index contributed by atoms with van der Waals surface area (Å²) in [4.78, 5) is 11.2. The first-order valence-electron chi connectivity index (χ1n) is 6.56. The quantitative estimate of drug-likeness (QED) is 0.867. The molecule has 100 valence electrons. The summed E-state index contributed by atoms with van der Waals surface area (Å²) < 4.78 is 0.844. The van der Waals surface area contributed by atoms with Crippen LogP contribution in [0.1, 0.15) is 32.5 Å². The Labute approximate surface area is 117 Å². The molecule has 1 aromatic rings. The zero-order valence-electron chi connectivity index (χ0n) is 10.9. The van der Waals surface area contributed by atoms with E-state index in [2.05, 4.69) is 37.7 Å². The fraction of sp³-hybridized carbons (Fsp3) is 0.692. The highest BCUT2D eigenvalue weighted by Crippen LogP contribution is 2.26. The predicted octanol–water partition coefficient (Wildman–Crippen LogP) is 2.40. The lowest BCUT2D eigenvalue weighted by atomic mass is 10.0. The van der Waals surface area contributed by atoms with E-state index in [9.17, 15) is 5.11 Å². The smallest absolute Gasteiger partial charge is 0.133 e. The number of aliphatic hydroxyl groups excluding tert-OH is 1. The molecule has 2 unspecified atom stereocenters. The Morgan fingerprint density at radius 1 is 1.56 bits per heavy atom. The second kappa shape index (κ2) is 5.97. The van der Waals surface area contributed by atoms with Gasteiger partial charge < -0.3 is 10.0 Å². The molecule has 0 radical (unpaired) electrons. The standard InChI is InChI=1S/C13H20BrN3O/c1-3-4-12-15-11(14)7-13(16-12)17-6-5-10(8-17)9(2)18/h7,9-10,18H,3-6,8H2,1-2H3. The van der Waals surface area contributed by atoms with Crippen LogP contribution in [-0.2, 0) is 6.42 Å². The Morgan fingerprint density at radius 3 is 2.94 bits per heavy atom. The van der Waals surface area contributed by atoms with Crippen molar-refractivity contribution in [2.75, 3.05) is 18.0 Å². The van der Waals surface area contributed by atoms with Gasteiger partial charge in [0.1, 0.15) is 16.2 Å². The maximum atomic E-state index is 9.64. The number of aromatic nitrogens is 2. The number of aliphatic hydroxyl groups is 1. The third-order valence-electron chi connectivity index (χ3n) is 3.43. The van der Waals surface area contributed by atoms with Gasteiger partial charge in [-0.3, -0.25) is 0 Å². The second-order valence-electron chi connectivity index (χ2n) is 4.95. The molecule has 1 N–H and O–H groups in total. The van der Waals surface area contributed by atoms with Crippen LogP contribution in [0.15, 0.2) is 10.7 Å². The van der Waals surface area contributed by atoms with Gasteiger partial charge in [0.2, 0.25) is 0 Å². The minimum absolute atomic E-state index is 0.240. The molecule has 0 amide bonds. The van der Waals surface area contributed by atoms with Crippen LogP contribution in [-0.4, -0.2) is 34.3 Å². The van der Waals surface area contributed by atoms with Gasteiger partial charge in [-0.2, -0.15) is 0 Å². The number of hydrogen-bond acceptors (Lipinski definition) is 4. The van der Waals surface area contributed by atoms with E-state index in [4.69, 9.17) is 0 Å². The van der Waals surface area contributed by atoms with Gasteiger partial charge in [-0.1, -0.05) is 6.92 Å². The first-order chi connectivity index (χ1) is 8.60. The van der Waals surface area contributed by atoms with E-state index < -0.39 is 0 Å². The minimum atomic E-state index is -0.240. The molecular weight excluding hydrogens is 294 g/mol. The SMILES string of the molecule is CCCc1nc(Br)cc(N2CCC(C(C)O)C2)n1. The summed E-state index contributed by atoms with van der Waals surface area (Å²) in [5.41, 5.74) is 0. The number of hydrogen-bond donors (Lipinski definition) is 1. The first-order valence-corrected chi connectivity index (χ1v) is 7.36. The highest BCUT2D eigenvalue weighted by atomic mass is 79.9. The van der Waals surface area contributed by atoms with E-state index in [0.29, 0.717) is 5.92 Å². The summed E-state index contributed by atoms with van der Waals surface area (Å²) in [5, 5.41) is 9.64. The van der Waals surface area contributed by atoms with Gasteiger partial charge in [0.05, 0.1) is 6.10 Å². The van der Waals surface area contributed by atoms with Crippen molar-refractivity contribution in [2.45, 2.75) is 39.2 Å². The minimum Gasteiger partial charge on any atom is -0.393 e. The summed E-state index contributed by atoms with van der Waals surface area (Å²) in [6, 6.07) is 1.96. The van der Waals surface area contributed by atoms with Crippen molar-refractivity contribution in [1.82, 2.24) is 9.97 Å². The van der Waals surface area contributed by atoms with E-state index in [-0.39, 0.29) is 6.10 Å². The van der Waals surface area contributed by atoms with Crippen LogP contribution in [0, 0.1) is 5.92 Å². The molecule has 0 aromatic carbocycles. The molecule has 1 aliphatic heterocycles. The molecule has 0 saturated carbocycles. The van der Waals surface area contributed by atoms with Crippen LogP contribution < -0.4 is 4.90 Å². The fourth-order valence-corrected chi connectivity index (χ4v) is 2.75. The lowest BCUT2D eigenvalue weighted by molar-refractivity contribution is 0.136. The van der Waals surface area contributed by atoms with Gasteiger partial charge in [0.25, 0.3) is 0 Å². The molecule has 1 aromatic heterocycles. The van der Waals surface area contributed by atoms with Crippen molar-refractivity contribution >= 4 is 21.7 Å². The third-order valence-corrected chi connectivity index (χ3v) is 3.84. The molecule has 0 aliphatic carbocycles. The maximum Gasteiger partial charge on any atom is 0.133 e. The molecule has 4 nitrogen and oxygen atoms in total. The highest BCUT2D eigenvalue weighted by molar-refractivity contribution is 9.10. The summed E-state index contributed by atoms with van der Waals surface area (Å²) >= 11 is 3.45. The number of rotatable bonds is 4. The zero-order chi connectivity index (χ0) is 13.1. The molecular formula is C13H20BrN3O. The van der Waals surface area contributed by atoms with Crippen LogP contribution in [0.3, 0.4) is 0 Å². The lowest BCUT2D eigenvalue weighted by Gasteiger charge is -2.19. The van der Waals surface area contributed by atoms with Gasteiger partial charge in [-0.25, -0.2) is 9.97 Å². The van der Waals surface area contributed by atoms with Crippen molar-refractivity contribution in [3.05, 3.63) is 16.5 Å².